The van der Waals surface area contributed by atoms with Gasteiger partial charge in [0.2, 0.25) is 0 Å². The molecule has 0 fully saturated rings. The molecule has 0 heterocycles. The highest BCUT2D eigenvalue weighted by atomic mass is 19.3. The van der Waals surface area contributed by atoms with E-state index in [1.54, 1.807) is 13.8 Å². The van der Waals surface area contributed by atoms with E-state index in [0.717, 1.165) is 0 Å². The molecular weight excluding hydrogens is 300 g/mol. The summed E-state index contributed by atoms with van der Waals surface area (Å²) in [6.07, 6.45) is 0. The lowest BCUT2D eigenvalue weighted by atomic mass is 10.2. The van der Waals surface area contributed by atoms with Crippen molar-refractivity contribution in [2.45, 2.75) is 20.5 Å². The zero-order valence-corrected chi connectivity index (χ0v) is 12.0. The van der Waals surface area contributed by atoms with Crippen molar-refractivity contribution in [2.24, 2.45) is 5.92 Å². The maximum absolute atomic E-state index is 12.0. The molecule has 0 radical (unpaired) electrons. The summed E-state index contributed by atoms with van der Waals surface area (Å²) in [5.41, 5.74) is 0.0742. The molecule has 0 saturated heterocycles. The fourth-order valence-corrected chi connectivity index (χ4v) is 1.33. The molecule has 120 valence electrons. The Kier molecular flexibility index (Phi) is 6.43. The SMILES string of the molecule is CC(C)C(=O)OCC(=O)NC(=O)c1ccc(OC(F)F)cc1. The van der Waals surface area contributed by atoms with E-state index >= 15 is 0 Å². The molecule has 1 aromatic rings. The first-order valence-corrected chi connectivity index (χ1v) is 6.35. The van der Waals surface area contributed by atoms with Crippen LogP contribution in [-0.4, -0.2) is 31.0 Å². The summed E-state index contributed by atoms with van der Waals surface area (Å²) in [5, 5.41) is 2.01. The van der Waals surface area contributed by atoms with Crippen molar-refractivity contribution in [3.05, 3.63) is 29.8 Å². The minimum atomic E-state index is -2.96. The smallest absolute Gasteiger partial charge is 0.387 e. The van der Waals surface area contributed by atoms with Gasteiger partial charge < -0.3 is 9.47 Å². The first kappa shape index (κ1) is 17.5. The van der Waals surface area contributed by atoms with Crippen LogP contribution in [0.2, 0.25) is 0 Å². The van der Waals surface area contributed by atoms with E-state index in [2.05, 4.69) is 9.47 Å². The number of ether oxygens (including phenoxy) is 2. The third-order valence-corrected chi connectivity index (χ3v) is 2.41. The number of benzene rings is 1. The van der Waals surface area contributed by atoms with E-state index in [1.165, 1.54) is 24.3 Å². The van der Waals surface area contributed by atoms with E-state index in [1.807, 2.05) is 5.32 Å². The number of nitrogens with one attached hydrogen (secondary N) is 1. The molecular formula is C14H15F2NO5. The Labute approximate surface area is 125 Å². The zero-order chi connectivity index (χ0) is 16.7. The van der Waals surface area contributed by atoms with Crippen LogP contribution in [0.4, 0.5) is 8.78 Å². The van der Waals surface area contributed by atoms with Crippen LogP contribution in [-0.2, 0) is 14.3 Å². The Morgan fingerprint density at radius 2 is 1.73 bits per heavy atom. The number of esters is 1. The minimum Gasteiger partial charge on any atom is -0.455 e. The van der Waals surface area contributed by atoms with Gasteiger partial charge in [0.15, 0.2) is 6.61 Å². The fourth-order valence-electron chi connectivity index (χ4n) is 1.33. The number of rotatable bonds is 6. The van der Waals surface area contributed by atoms with Gasteiger partial charge in [-0.3, -0.25) is 19.7 Å². The van der Waals surface area contributed by atoms with Crippen LogP contribution >= 0.6 is 0 Å². The van der Waals surface area contributed by atoms with Crippen LogP contribution in [0, 0.1) is 5.92 Å². The quantitative estimate of drug-likeness (QED) is 0.809. The lowest BCUT2D eigenvalue weighted by Gasteiger charge is -2.08. The predicted octanol–water partition coefficient (Wildman–Crippen LogP) is 1.74. The monoisotopic (exact) mass is 315 g/mol. The number of halogens is 2. The second-order valence-electron chi connectivity index (χ2n) is 4.54. The first-order valence-electron chi connectivity index (χ1n) is 6.35. The summed E-state index contributed by atoms with van der Waals surface area (Å²) in [6, 6.07) is 4.79. The van der Waals surface area contributed by atoms with Crippen LogP contribution < -0.4 is 10.1 Å². The lowest BCUT2D eigenvalue weighted by molar-refractivity contribution is -0.151. The zero-order valence-electron chi connectivity index (χ0n) is 12.0. The van der Waals surface area contributed by atoms with Crippen molar-refractivity contribution in [2.75, 3.05) is 6.61 Å². The van der Waals surface area contributed by atoms with Gasteiger partial charge in [-0.15, -0.1) is 0 Å². The first-order chi connectivity index (χ1) is 10.3. The van der Waals surface area contributed by atoms with Gasteiger partial charge in [-0.2, -0.15) is 8.78 Å². The molecule has 22 heavy (non-hydrogen) atoms. The second kappa shape index (κ2) is 8.06. The van der Waals surface area contributed by atoms with Crippen molar-refractivity contribution in [3.63, 3.8) is 0 Å². The Bertz CT molecular complexity index is 543. The second-order valence-corrected chi connectivity index (χ2v) is 4.54. The maximum atomic E-state index is 12.0. The van der Waals surface area contributed by atoms with Crippen molar-refractivity contribution in [1.82, 2.24) is 5.32 Å². The third-order valence-electron chi connectivity index (χ3n) is 2.41. The number of carbonyl (C=O) groups excluding carboxylic acids is 3. The largest absolute Gasteiger partial charge is 0.455 e. The molecule has 1 aromatic carbocycles. The topological polar surface area (TPSA) is 81.7 Å². The summed E-state index contributed by atoms with van der Waals surface area (Å²) in [5.74, 6) is -2.58. The molecule has 0 spiro atoms. The van der Waals surface area contributed by atoms with Gasteiger partial charge in [-0.25, -0.2) is 0 Å². The Balaban J connectivity index is 2.50. The molecule has 0 saturated carbocycles. The number of imide groups is 1. The molecule has 0 aliphatic carbocycles. The molecule has 2 amide bonds. The highest BCUT2D eigenvalue weighted by molar-refractivity contribution is 6.05. The highest BCUT2D eigenvalue weighted by Crippen LogP contribution is 2.14. The molecule has 0 bridgehead atoms. The molecule has 1 rings (SSSR count). The molecule has 0 atom stereocenters. The van der Waals surface area contributed by atoms with Gasteiger partial charge in [-0.05, 0) is 24.3 Å². The van der Waals surface area contributed by atoms with E-state index < -0.39 is 31.0 Å². The Hall–Kier alpha value is -2.51. The summed E-state index contributed by atoms with van der Waals surface area (Å²) >= 11 is 0. The summed E-state index contributed by atoms with van der Waals surface area (Å²) < 4.78 is 32.7. The van der Waals surface area contributed by atoms with E-state index in [9.17, 15) is 23.2 Å². The van der Waals surface area contributed by atoms with Crippen LogP contribution in [0.25, 0.3) is 0 Å². The van der Waals surface area contributed by atoms with Gasteiger partial charge in [0.1, 0.15) is 5.75 Å². The molecule has 0 aliphatic rings. The number of hydrogen-bond acceptors (Lipinski definition) is 5. The highest BCUT2D eigenvalue weighted by Gasteiger charge is 2.14. The average molecular weight is 315 g/mol. The molecule has 1 N–H and O–H groups in total. The third kappa shape index (κ3) is 5.86. The van der Waals surface area contributed by atoms with E-state index in [-0.39, 0.29) is 17.2 Å². The molecule has 0 aromatic heterocycles. The van der Waals surface area contributed by atoms with Crippen molar-refractivity contribution >= 4 is 17.8 Å². The van der Waals surface area contributed by atoms with E-state index in [0.29, 0.717) is 0 Å². The number of carbonyl (C=O) groups is 3. The minimum absolute atomic E-state index is 0.0742. The predicted molar refractivity (Wildman–Crippen MR) is 71.3 cm³/mol. The Morgan fingerprint density at radius 3 is 2.23 bits per heavy atom. The van der Waals surface area contributed by atoms with Crippen LogP contribution in [0.1, 0.15) is 24.2 Å². The summed E-state index contributed by atoms with van der Waals surface area (Å²) in [4.78, 5) is 34.3. The summed E-state index contributed by atoms with van der Waals surface area (Å²) in [6.45, 7) is -0.324. The van der Waals surface area contributed by atoms with Gasteiger partial charge in [-0.1, -0.05) is 13.8 Å². The van der Waals surface area contributed by atoms with Gasteiger partial charge in [0.05, 0.1) is 5.92 Å². The lowest BCUT2D eigenvalue weighted by Crippen LogP contribution is -2.34. The van der Waals surface area contributed by atoms with Gasteiger partial charge in [0, 0.05) is 5.56 Å². The van der Waals surface area contributed by atoms with Crippen molar-refractivity contribution < 1.29 is 32.6 Å². The fraction of sp³-hybridized carbons (Fsp3) is 0.357. The van der Waals surface area contributed by atoms with E-state index in [4.69, 9.17) is 0 Å². The standard InChI is InChI=1S/C14H15F2NO5/c1-8(2)13(20)21-7-11(18)17-12(19)9-3-5-10(6-4-9)22-14(15)16/h3-6,8,14H,7H2,1-2H3,(H,17,18,19). The summed E-state index contributed by atoms with van der Waals surface area (Å²) in [7, 11) is 0. The van der Waals surface area contributed by atoms with Gasteiger partial charge in [0.25, 0.3) is 11.8 Å². The normalized spacial score (nSPS) is 10.5. The van der Waals surface area contributed by atoms with Crippen LogP contribution in [0.3, 0.4) is 0 Å². The Morgan fingerprint density at radius 1 is 1.14 bits per heavy atom. The van der Waals surface area contributed by atoms with Crippen molar-refractivity contribution in [1.29, 1.82) is 0 Å². The van der Waals surface area contributed by atoms with Crippen LogP contribution in [0.15, 0.2) is 24.3 Å². The van der Waals surface area contributed by atoms with Gasteiger partial charge >= 0.3 is 12.6 Å². The number of alkyl halides is 2. The molecule has 6 nitrogen and oxygen atoms in total. The number of hydrogen-bond donors (Lipinski definition) is 1. The number of amides is 2. The maximum Gasteiger partial charge on any atom is 0.387 e. The molecule has 8 heteroatoms. The average Bonchev–Trinajstić information content (AvgIpc) is 2.44. The molecule has 0 unspecified atom stereocenters. The van der Waals surface area contributed by atoms with Crippen molar-refractivity contribution in [3.8, 4) is 5.75 Å². The van der Waals surface area contributed by atoms with Crippen LogP contribution in [0.5, 0.6) is 5.75 Å². The molecule has 0 aliphatic heterocycles.